The van der Waals surface area contributed by atoms with E-state index < -0.39 is 0 Å². The molecule has 0 aliphatic carbocycles. The maximum Gasteiger partial charge on any atom is 0.227 e. The summed E-state index contributed by atoms with van der Waals surface area (Å²) < 4.78 is 5.52. The first-order valence-electron chi connectivity index (χ1n) is 6.48. The maximum atomic E-state index is 12.0. The second kappa shape index (κ2) is 5.96. The fourth-order valence-electron chi connectivity index (χ4n) is 2.17. The number of rotatable bonds is 4. The molecule has 1 aromatic rings. The molecule has 0 saturated carbocycles. The van der Waals surface area contributed by atoms with Crippen molar-refractivity contribution in [2.45, 2.75) is 38.7 Å². The van der Waals surface area contributed by atoms with Gasteiger partial charge in [-0.05, 0) is 38.3 Å². The lowest BCUT2D eigenvalue weighted by Gasteiger charge is -2.17. The van der Waals surface area contributed by atoms with Crippen LogP contribution >= 0.6 is 0 Å². The molecule has 0 N–H and O–H groups in total. The van der Waals surface area contributed by atoms with Gasteiger partial charge in [0, 0.05) is 25.8 Å². The summed E-state index contributed by atoms with van der Waals surface area (Å²) >= 11 is 0. The first kappa shape index (κ1) is 13.0. The van der Waals surface area contributed by atoms with Crippen molar-refractivity contribution in [1.29, 1.82) is 0 Å². The number of amides is 1. The van der Waals surface area contributed by atoms with E-state index in [9.17, 15) is 4.79 Å². The number of carbonyl (C=O) groups is 1. The lowest BCUT2D eigenvalue weighted by Crippen LogP contribution is -2.27. The number of carbonyl (C=O) groups excluding carboxylic acids is 1. The Bertz CT molecular complexity index is 414. The van der Waals surface area contributed by atoms with Crippen molar-refractivity contribution in [2.24, 2.45) is 0 Å². The van der Waals surface area contributed by atoms with E-state index in [1.54, 1.807) is 11.9 Å². The van der Waals surface area contributed by atoms with E-state index in [1.807, 2.05) is 25.1 Å². The maximum absolute atomic E-state index is 12.0. The topological polar surface area (TPSA) is 42.4 Å². The van der Waals surface area contributed by atoms with Gasteiger partial charge in [0.25, 0.3) is 0 Å². The predicted molar refractivity (Wildman–Crippen MR) is 70.6 cm³/mol. The van der Waals surface area contributed by atoms with Gasteiger partial charge in [-0.3, -0.25) is 9.69 Å². The molecule has 0 unspecified atom stereocenters. The van der Waals surface area contributed by atoms with Crippen molar-refractivity contribution in [2.75, 3.05) is 18.6 Å². The standard InChI is InChI=1S/C14H20N2O2/c1-11-5-3-7-13(15-11)16(2)14(17)9-8-12-6-4-10-18-12/h3,5,7,12H,4,6,8-10H2,1-2H3/t12-/m1/s1. The Morgan fingerprint density at radius 1 is 1.56 bits per heavy atom. The van der Waals surface area contributed by atoms with Crippen LogP contribution in [0, 0.1) is 6.92 Å². The van der Waals surface area contributed by atoms with Gasteiger partial charge in [0.05, 0.1) is 6.10 Å². The Hall–Kier alpha value is -1.42. The third kappa shape index (κ3) is 3.29. The SMILES string of the molecule is Cc1cccc(N(C)C(=O)CC[C@H]2CCCO2)n1. The molecule has 4 heteroatoms. The van der Waals surface area contributed by atoms with Crippen LogP contribution in [0.3, 0.4) is 0 Å². The Labute approximate surface area is 108 Å². The summed E-state index contributed by atoms with van der Waals surface area (Å²) in [4.78, 5) is 18.0. The first-order valence-corrected chi connectivity index (χ1v) is 6.48. The number of anilines is 1. The zero-order valence-electron chi connectivity index (χ0n) is 11.1. The first-order chi connectivity index (χ1) is 8.66. The zero-order valence-corrected chi connectivity index (χ0v) is 11.1. The Kier molecular flexibility index (Phi) is 4.31. The highest BCUT2D eigenvalue weighted by Gasteiger charge is 2.19. The fraction of sp³-hybridized carbons (Fsp3) is 0.571. The molecule has 1 atom stereocenters. The predicted octanol–water partition coefficient (Wildman–Crippen LogP) is 2.31. The van der Waals surface area contributed by atoms with Gasteiger partial charge in [0.2, 0.25) is 5.91 Å². The Morgan fingerprint density at radius 3 is 3.06 bits per heavy atom. The smallest absolute Gasteiger partial charge is 0.227 e. The molecule has 2 rings (SSSR count). The molecule has 0 aromatic carbocycles. The molecule has 4 nitrogen and oxygen atoms in total. The van der Waals surface area contributed by atoms with Crippen LogP contribution in [0.5, 0.6) is 0 Å². The van der Waals surface area contributed by atoms with Gasteiger partial charge in [-0.15, -0.1) is 0 Å². The minimum absolute atomic E-state index is 0.101. The minimum atomic E-state index is 0.101. The third-order valence-corrected chi connectivity index (χ3v) is 3.30. The second-order valence-corrected chi connectivity index (χ2v) is 4.76. The summed E-state index contributed by atoms with van der Waals surface area (Å²) in [6, 6.07) is 5.70. The van der Waals surface area contributed by atoms with E-state index in [0.29, 0.717) is 12.2 Å². The molecule has 1 aliphatic rings. The van der Waals surface area contributed by atoms with Gasteiger partial charge in [0.1, 0.15) is 5.82 Å². The highest BCUT2D eigenvalue weighted by molar-refractivity contribution is 5.91. The van der Waals surface area contributed by atoms with E-state index >= 15 is 0 Å². The zero-order chi connectivity index (χ0) is 13.0. The molecule has 0 bridgehead atoms. The molecular weight excluding hydrogens is 228 g/mol. The Morgan fingerprint density at radius 2 is 2.39 bits per heavy atom. The van der Waals surface area contributed by atoms with Crippen molar-refractivity contribution in [3.05, 3.63) is 23.9 Å². The molecule has 1 fully saturated rings. The largest absolute Gasteiger partial charge is 0.378 e. The molecule has 18 heavy (non-hydrogen) atoms. The van der Waals surface area contributed by atoms with E-state index in [-0.39, 0.29) is 12.0 Å². The number of hydrogen-bond donors (Lipinski definition) is 0. The summed E-state index contributed by atoms with van der Waals surface area (Å²) in [6.45, 7) is 2.77. The lowest BCUT2D eigenvalue weighted by molar-refractivity contribution is -0.118. The van der Waals surface area contributed by atoms with Crippen LogP contribution in [-0.2, 0) is 9.53 Å². The number of aryl methyl sites for hydroxylation is 1. The van der Waals surface area contributed by atoms with Crippen LogP contribution < -0.4 is 4.90 Å². The van der Waals surface area contributed by atoms with Gasteiger partial charge >= 0.3 is 0 Å². The monoisotopic (exact) mass is 248 g/mol. The van der Waals surface area contributed by atoms with E-state index in [4.69, 9.17) is 4.74 Å². The highest BCUT2D eigenvalue weighted by atomic mass is 16.5. The number of pyridine rings is 1. The molecule has 1 saturated heterocycles. The molecule has 0 spiro atoms. The molecule has 1 aliphatic heterocycles. The number of aromatic nitrogens is 1. The average Bonchev–Trinajstić information content (AvgIpc) is 2.88. The highest BCUT2D eigenvalue weighted by Crippen LogP contribution is 2.18. The number of ether oxygens (including phenoxy) is 1. The van der Waals surface area contributed by atoms with Crippen molar-refractivity contribution in [1.82, 2.24) is 4.98 Å². The molecule has 98 valence electrons. The van der Waals surface area contributed by atoms with E-state index in [1.165, 1.54) is 0 Å². The number of nitrogens with zero attached hydrogens (tertiary/aromatic N) is 2. The molecule has 0 radical (unpaired) electrons. The van der Waals surface area contributed by atoms with Gasteiger partial charge in [-0.2, -0.15) is 0 Å². The van der Waals surface area contributed by atoms with Gasteiger partial charge < -0.3 is 4.74 Å². The van der Waals surface area contributed by atoms with Crippen molar-refractivity contribution < 1.29 is 9.53 Å². The third-order valence-electron chi connectivity index (χ3n) is 3.30. The molecule has 1 aromatic heterocycles. The van der Waals surface area contributed by atoms with Crippen LogP contribution in [0.15, 0.2) is 18.2 Å². The van der Waals surface area contributed by atoms with Gasteiger partial charge in [-0.25, -0.2) is 4.98 Å². The van der Waals surface area contributed by atoms with Crippen LogP contribution in [0.25, 0.3) is 0 Å². The van der Waals surface area contributed by atoms with Crippen molar-refractivity contribution in [3.63, 3.8) is 0 Å². The second-order valence-electron chi connectivity index (χ2n) is 4.76. The molecule has 2 heterocycles. The summed E-state index contributed by atoms with van der Waals surface area (Å²) in [6.07, 6.45) is 3.81. The summed E-state index contributed by atoms with van der Waals surface area (Å²) in [5.41, 5.74) is 0.922. The summed E-state index contributed by atoms with van der Waals surface area (Å²) in [7, 11) is 1.78. The summed E-state index contributed by atoms with van der Waals surface area (Å²) in [5.74, 6) is 0.816. The lowest BCUT2D eigenvalue weighted by atomic mass is 10.1. The Balaban J connectivity index is 1.87. The van der Waals surface area contributed by atoms with Crippen LogP contribution in [-0.4, -0.2) is 30.6 Å². The average molecular weight is 248 g/mol. The van der Waals surface area contributed by atoms with Gasteiger partial charge in [-0.1, -0.05) is 6.07 Å². The van der Waals surface area contributed by atoms with Crippen LogP contribution in [0.1, 0.15) is 31.4 Å². The quantitative estimate of drug-likeness (QED) is 0.821. The molecular formula is C14H20N2O2. The summed E-state index contributed by atoms with van der Waals surface area (Å²) in [5, 5.41) is 0. The van der Waals surface area contributed by atoms with Crippen molar-refractivity contribution in [3.8, 4) is 0 Å². The van der Waals surface area contributed by atoms with Gasteiger partial charge in [0.15, 0.2) is 0 Å². The van der Waals surface area contributed by atoms with Crippen molar-refractivity contribution >= 4 is 11.7 Å². The van der Waals surface area contributed by atoms with Crippen LogP contribution in [0.4, 0.5) is 5.82 Å². The van der Waals surface area contributed by atoms with E-state index in [0.717, 1.165) is 31.6 Å². The fourth-order valence-corrected chi connectivity index (χ4v) is 2.17. The normalized spacial score (nSPS) is 18.9. The van der Waals surface area contributed by atoms with E-state index in [2.05, 4.69) is 4.98 Å². The molecule has 1 amide bonds. The van der Waals surface area contributed by atoms with Crippen LogP contribution in [0.2, 0.25) is 0 Å². The minimum Gasteiger partial charge on any atom is -0.378 e. The number of hydrogen-bond acceptors (Lipinski definition) is 3.